The first-order valence-corrected chi connectivity index (χ1v) is 6.05. The third-order valence-corrected chi connectivity index (χ3v) is 3.35. The second-order valence-corrected chi connectivity index (χ2v) is 5.03. The van der Waals surface area contributed by atoms with Crippen molar-refractivity contribution in [3.63, 3.8) is 0 Å². The number of nitrogens with one attached hydrogen (secondary N) is 2. The van der Waals surface area contributed by atoms with Crippen LogP contribution in [0.1, 0.15) is 36.5 Å². The Kier molecular flexibility index (Phi) is 3.33. The molecule has 0 spiro atoms. The lowest BCUT2D eigenvalue weighted by Crippen LogP contribution is -2.52. The molecule has 1 aromatic rings. The van der Waals surface area contributed by atoms with Gasteiger partial charge in [-0.1, -0.05) is 0 Å². The van der Waals surface area contributed by atoms with Crippen LogP contribution in [0.15, 0.2) is 18.2 Å². The number of anilines is 1. The fourth-order valence-corrected chi connectivity index (χ4v) is 2.08. The van der Waals surface area contributed by atoms with E-state index in [9.17, 15) is 14.7 Å². The summed E-state index contributed by atoms with van der Waals surface area (Å²) in [7, 11) is 0. The van der Waals surface area contributed by atoms with E-state index in [1.807, 2.05) is 6.92 Å². The molecule has 1 fully saturated rings. The molecule has 0 heterocycles. The van der Waals surface area contributed by atoms with E-state index in [0.29, 0.717) is 0 Å². The fourth-order valence-electron chi connectivity index (χ4n) is 2.08. The second kappa shape index (κ2) is 4.79. The molecule has 0 saturated heterocycles. The molecule has 0 aromatic heterocycles. The van der Waals surface area contributed by atoms with Gasteiger partial charge in [0.25, 0.3) is 0 Å². The van der Waals surface area contributed by atoms with Crippen molar-refractivity contribution >= 4 is 17.7 Å². The van der Waals surface area contributed by atoms with Crippen molar-refractivity contribution < 1.29 is 19.8 Å². The number of urea groups is 1. The van der Waals surface area contributed by atoms with Crippen molar-refractivity contribution in [2.75, 3.05) is 5.32 Å². The SMILES string of the molecule is CC1(NC(=O)Nc2ccc(O)cc2C(=O)O)CCC1. The first kappa shape index (κ1) is 13.2. The summed E-state index contributed by atoms with van der Waals surface area (Å²) in [5.74, 6) is -1.37. The van der Waals surface area contributed by atoms with Crippen LogP contribution < -0.4 is 10.6 Å². The molecular formula is C13H16N2O4. The smallest absolute Gasteiger partial charge is 0.337 e. The number of aromatic hydroxyl groups is 1. The van der Waals surface area contributed by atoms with Gasteiger partial charge in [0, 0.05) is 5.54 Å². The van der Waals surface area contributed by atoms with Crippen LogP contribution >= 0.6 is 0 Å². The highest BCUT2D eigenvalue weighted by molar-refractivity contribution is 6.00. The van der Waals surface area contributed by atoms with E-state index < -0.39 is 12.0 Å². The second-order valence-electron chi connectivity index (χ2n) is 5.03. The molecular weight excluding hydrogens is 248 g/mol. The van der Waals surface area contributed by atoms with Crippen LogP contribution in [0.3, 0.4) is 0 Å². The number of phenols is 1. The van der Waals surface area contributed by atoms with E-state index in [2.05, 4.69) is 10.6 Å². The van der Waals surface area contributed by atoms with Gasteiger partial charge in [-0.2, -0.15) is 0 Å². The van der Waals surface area contributed by atoms with E-state index in [1.165, 1.54) is 12.1 Å². The molecule has 19 heavy (non-hydrogen) atoms. The highest BCUT2D eigenvalue weighted by atomic mass is 16.4. The number of phenolic OH excluding ortho intramolecular Hbond substituents is 1. The predicted molar refractivity (Wildman–Crippen MR) is 69.5 cm³/mol. The largest absolute Gasteiger partial charge is 0.508 e. The highest BCUT2D eigenvalue weighted by Crippen LogP contribution is 2.31. The number of benzene rings is 1. The molecule has 4 N–H and O–H groups in total. The molecule has 0 unspecified atom stereocenters. The van der Waals surface area contributed by atoms with Crippen molar-refractivity contribution in [2.45, 2.75) is 31.7 Å². The number of amides is 2. The van der Waals surface area contributed by atoms with Gasteiger partial charge in [0.15, 0.2) is 0 Å². The van der Waals surface area contributed by atoms with Gasteiger partial charge in [-0.25, -0.2) is 9.59 Å². The lowest BCUT2D eigenvalue weighted by atomic mass is 9.79. The Morgan fingerprint density at radius 2 is 2.00 bits per heavy atom. The van der Waals surface area contributed by atoms with E-state index >= 15 is 0 Å². The molecule has 0 radical (unpaired) electrons. The van der Waals surface area contributed by atoms with Crippen LogP contribution in [-0.2, 0) is 0 Å². The zero-order valence-corrected chi connectivity index (χ0v) is 10.6. The molecule has 2 rings (SSSR count). The standard InChI is InChI=1S/C13H16N2O4/c1-13(5-2-6-13)15-12(19)14-10-4-3-8(16)7-9(10)11(17)18/h3-4,7,16H,2,5-6H2,1H3,(H,17,18)(H2,14,15,19). The average molecular weight is 264 g/mol. The summed E-state index contributed by atoms with van der Waals surface area (Å²) in [6.45, 7) is 1.95. The zero-order chi connectivity index (χ0) is 14.0. The summed E-state index contributed by atoms with van der Waals surface area (Å²) in [4.78, 5) is 22.8. The number of hydrogen-bond donors (Lipinski definition) is 4. The lowest BCUT2D eigenvalue weighted by Gasteiger charge is -2.39. The van der Waals surface area contributed by atoms with Crippen molar-refractivity contribution in [1.82, 2.24) is 5.32 Å². The summed E-state index contributed by atoms with van der Waals surface area (Å²) < 4.78 is 0. The Hall–Kier alpha value is -2.24. The van der Waals surface area contributed by atoms with E-state index in [4.69, 9.17) is 5.11 Å². The Morgan fingerprint density at radius 1 is 1.32 bits per heavy atom. The van der Waals surface area contributed by atoms with E-state index in [1.54, 1.807) is 0 Å². The number of aromatic carboxylic acids is 1. The minimum absolute atomic E-state index is 0.145. The van der Waals surface area contributed by atoms with Crippen molar-refractivity contribution in [2.24, 2.45) is 0 Å². The maximum atomic E-state index is 11.8. The van der Waals surface area contributed by atoms with Crippen molar-refractivity contribution in [1.29, 1.82) is 0 Å². The molecule has 6 nitrogen and oxygen atoms in total. The topological polar surface area (TPSA) is 98.7 Å². The van der Waals surface area contributed by atoms with Crippen LogP contribution in [0.4, 0.5) is 10.5 Å². The highest BCUT2D eigenvalue weighted by Gasteiger charge is 2.33. The van der Waals surface area contributed by atoms with Gasteiger partial charge in [0.05, 0.1) is 11.3 Å². The first-order valence-electron chi connectivity index (χ1n) is 6.05. The number of carboxylic acids is 1. The van der Waals surface area contributed by atoms with Gasteiger partial charge in [-0.3, -0.25) is 0 Å². The predicted octanol–water partition coefficient (Wildman–Crippen LogP) is 2.15. The summed E-state index contributed by atoms with van der Waals surface area (Å²) in [5.41, 5.74) is -0.190. The van der Waals surface area contributed by atoms with E-state index in [0.717, 1.165) is 25.3 Å². The monoisotopic (exact) mass is 264 g/mol. The molecule has 0 aliphatic heterocycles. The third-order valence-electron chi connectivity index (χ3n) is 3.35. The summed E-state index contributed by atoms with van der Waals surface area (Å²) >= 11 is 0. The zero-order valence-electron chi connectivity index (χ0n) is 10.6. The Bertz CT molecular complexity index is 523. The Morgan fingerprint density at radius 3 is 2.53 bits per heavy atom. The number of carbonyl (C=O) groups excluding carboxylic acids is 1. The van der Waals surface area contributed by atoms with Gasteiger partial charge in [-0.15, -0.1) is 0 Å². The van der Waals surface area contributed by atoms with Crippen molar-refractivity contribution in [3.05, 3.63) is 23.8 Å². The Balaban J connectivity index is 2.10. The van der Waals surface area contributed by atoms with Crippen LogP contribution in [0.25, 0.3) is 0 Å². The van der Waals surface area contributed by atoms with E-state index in [-0.39, 0.29) is 22.5 Å². The van der Waals surface area contributed by atoms with Crippen LogP contribution in [-0.4, -0.2) is 27.8 Å². The van der Waals surface area contributed by atoms with Gasteiger partial charge in [0.2, 0.25) is 0 Å². The molecule has 1 aliphatic carbocycles. The quantitative estimate of drug-likeness (QED) is 0.629. The van der Waals surface area contributed by atoms with Gasteiger partial charge in [0.1, 0.15) is 5.75 Å². The number of carbonyl (C=O) groups is 2. The van der Waals surface area contributed by atoms with Crippen LogP contribution in [0.5, 0.6) is 5.75 Å². The van der Waals surface area contributed by atoms with Crippen molar-refractivity contribution in [3.8, 4) is 5.75 Å². The Labute approximate surface area is 110 Å². The minimum atomic E-state index is -1.21. The fraction of sp³-hybridized carbons (Fsp3) is 0.385. The third kappa shape index (κ3) is 2.96. The lowest BCUT2D eigenvalue weighted by molar-refractivity contribution is 0.0697. The van der Waals surface area contributed by atoms with Gasteiger partial charge < -0.3 is 20.8 Å². The number of carboxylic acid groups (broad SMARTS) is 1. The molecule has 1 saturated carbocycles. The molecule has 0 bridgehead atoms. The molecule has 1 aliphatic rings. The molecule has 6 heteroatoms. The molecule has 1 aromatic carbocycles. The maximum absolute atomic E-state index is 11.8. The van der Waals surface area contributed by atoms with Gasteiger partial charge >= 0.3 is 12.0 Å². The maximum Gasteiger partial charge on any atom is 0.337 e. The average Bonchev–Trinajstić information content (AvgIpc) is 2.29. The summed E-state index contributed by atoms with van der Waals surface area (Å²) in [5, 5.41) is 23.6. The normalized spacial score (nSPS) is 16.3. The summed E-state index contributed by atoms with van der Waals surface area (Å²) in [6.07, 6.45) is 2.92. The molecule has 0 atom stereocenters. The molecule has 2 amide bonds. The van der Waals surface area contributed by atoms with Crippen LogP contribution in [0, 0.1) is 0 Å². The number of hydrogen-bond acceptors (Lipinski definition) is 3. The minimum Gasteiger partial charge on any atom is -0.508 e. The van der Waals surface area contributed by atoms with Gasteiger partial charge in [-0.05, 0) is 44.4 Å². The first-order chi connectivity index (χ1) is 8.89. The molecule has 102 valence electrons. The summed E-state index contributed by atoms with van der Waals surface area (Å²) in [6, 6.07) is 3.35. The van der Waals surface area contributed by atoms with Crippen LogP contribution in [0.2, 0.25) is 0 Å². The number of rotatable bonds is 3.